The SMILES string of the molecule is CC1(C)CC(=O)C2=C(C1)NC(=O)N[C@H]2c1ccc([N+](=O)[O-])cc1. The van der Waals surface area contributed by atoms with Crippen molar-refractivity contribution in [3.8, 4) is 0 Å². The predicted molar refractivity (Wildman–Crippen MR) is 82.6 cm³/mol. The van der Waals surface area contributed by atoms with Crippen LogP contribution in [-0.4, -0.2) is 16.7 Å². The third-order valence-corrected chi connectivity index (χ3v) is 4.19. The zero-order valence-corrected chi connectivity index (χ0v) is 12.9. The summed E-state index contributed by atoms with van der Waals surface area (Å²) in [7, 11) is 0. The van der Waals surface area contributed by atoms with Gasteiger partial charge in [-0.1, -0.05) is 13.8 Å². The van der Waals surface area contributed by atoms with Crippen LogP contribution in [0.2, 0.25) is 0 Å². The summed E-state index contributed by atoms with van der Waals surface area (Å²) < 4.78 is 0. The predicted octanol–water partition coefficient (Wildman–Crippen LogP) is 2.59. The Balaban J connectivity index is 2.02. The molecule has 1 aliphatic carbocycles. The number of hydrogen-bond donors (Lipinski definition) is 2. The third kappa shape index (κ3) is 2.81. The van der Waals surface area contributed by atoms with Crippen LogP contribution < -0.4 is 10.6 Å². The number of amides is 2. The van der Waals surface area contributed by atoms with Gasteiger partial charge in [0.15, 0.2) is 5.78 Å². The number of nitrogens with zero attached hydrogens (tertiary/aromatic N) is 1. The number of nitro groups is 1. The summed E-state index contributed by atoms with van der Waals surface area (Å²) in [5.74, 6) is -0.00731. The molecule has 7 nitrogen and oxygen atoms in total. The zero-order valence-electron chi connectivity index (χ0n) is 12.9. The number of ketones is 1. The van der Waals surface area contributed by atoms with Gasteiger partial charge in [0.2, 0.25) is 0 Å². The number of benzene rings is 1. The normalized spacial score (nSPS) is 23.0. The highest BCUT2D eigenvalue weighted by atomic mass is 16.6. The second-order valence-corrected chi connectivity index (χ2v) is 6.71. The van der Waals surface area contributed by atoms with E-state index < -0.39 is 11.0 Å². The van der Waals surface area contributed by atoms with E-state index in [9.17, 15) is 19.7 Å². The van der Waals surface area contributed by atoms with Crippen molar-refractivity contribution in [1.29, 1.82) is 0 Å². The number of urea groups is 1. The fourth-order valence-corrected chi connectivity index (χ4v) is 3.20. The van der Waals surface area contributed by atoms with Gasteiger partial charge < -0.3 is 10.6 Å². The molecule has 0 spiro atoms. The molecule has 2 aliphatic rings. The monoisotopic (exact) mass is 315 g/mol. The summed E-state index contributed by atoms with van der Waals surface area (Å²) in [6, 6.07) is 4.97. The van der Waals surface area contributed by atoms with Gasteiger partial charge in [0, 0.05) is 29.8 Å². The second kappa shape index (κ2) is 5.19. The summed E-state index contributed by atoms with van der Waals surface area (Å²) in [4.78, 5) is 34.7. The maximum Gasteiger partial charge on any atom is 0.319 e. The fourth-order valence-electron chi connectivity index (χ4n) is 3.20. The van der Waals surface area contributed by atoms with Crippen molar-refractivity contribution in [2.24, 2.45) is 5.41 Å². The van der Waals surface area contributed by atoms with Crippen LogP contribution >= 0.6 is 0 Å². The van der Waals surface area contributed by atoms with E-state index in [1.807, 2.05) is 13.8 Å². The Morgan fingerprint density at radius 3 is 2.43 bits per heavy atom. The van der Waals surface area contributed by atoms with E-state index in [4.69, 9.17) is 0 Å². The topological polar surface area (TPSA) is 101 Å². The molecular weight excluding hydrogens is 298 g/mol. The standard InChI is InChI=1S/C16H17N3O4/c1-16(2)7-11-13(12(20)8-16)14(18-15(21)17-11)9-3-5-10(6-4-9)19(22)23/h3-6,14H,7-8H2,1-2H3,(H2,17,18,21)/t14-/m0/s1. The van der Waals surface area contributed by atoms with Gasteiger partial charge in [0.05, 0.1) is 11.0 Å². The molecule has 1 atom stereocenters. The smallest absolute Gasteiger partial charge is 0.319 e. The first-order valence-corrected chi connectivity index (χ1v) is 7.35. The molecule has 0 bridgehead atoms. The largest absolute Gasteiger partial charge is 0.327 e. The Morgan fingerprint density at radius 2 is 1.83 bits per heavy atom. The molecule has 0 fully saturated rings. The van der Waals surface area contributed by atoms with Crippen molar-refractivity contribution < 1.29 is 14.5 Å². The molecule has 1 aromatic rings. The van der Waals surface area contributed by atoms with E-state index in [1.165, 1.54) is 12.1 Å². The highest BCUT2D eigenvalue weighted by Crippen LogP contribution is 2.41. The maximum atomic E-state index is 12.6. The Morgan fingerprint density at radius 1 is 1.17 bits per heavy atom. The van der Waals surface area contributed by atoms with E-state index in [0.29, 0.717) is 29.7 Å². The van der Waals surface area contributed by atoms with Crippen molar-refractivity contribution >= 4 is 17.5 Å². The van der Waals surface area contributed by atoms with Crippen LogP contribution in [0.4, 0.5) is 10.5 Å². The molecule has 0 aromatic heterocycles. The van der Waals surface area contributed by atoms with Gasteiger partial charge in [-0.25, -0.2) is 4.79 Å². The minimum atomic E-state index is -0.567. The minimum absolute atomic E-state index is 0.00731. The third-order valence-electron chi connectivity index (χ3n) is 4.19. The average molecular weight is 315 g/mol. The number of nitrogens with one attached hydrogen (secondary N) is 2. The minimum Gasteiger partial charge on any atom is -0.327 e. The summed E-state index contributed by atoms with van der Waals surface area (Å²) in [6.45, 7) is 3.98. The number of rotatable bonds is 2. The van der Waals surface area contributed by atoms with Gasteiger partial charge in [-0.15, -0.1) is 0 Å². The first-order valence-electron chi connectivity index (χ1n) is 7.35. The Labute approximate surface area is 132 Å². The van der Waals surface area contributed by atoms with Crippen LogP contribution in [0.15, 0.2) is 35.5 Å². The van der Waals surface area contributed by atoms with Crippen LogP contribution in [0.3, 0.4) is 0 Å². The second-order valence-electron chi connectivity index (χ2n) is 6.71. The van der Waals surface area contributed by atoms with Crippen molar-refractivity contribution in [2.75, 3.05) is 0 Å². The highest BCUT2D eigenvalue weighted by Gasteiger charge is 2.40. The Hall–Kier alpha value is -2.70. The van der Waals surface area contributed by atoms with E-state index in [1.54, 1.807) is 12.1 Å². The van der Waals surface area contributed by atoms with Crippen LogP contribution in [0.1, 0.15) is 38.3 Å². The molecule has 2 N–H and O–H groups in total. The number of carbonyl (C=O) groups excluding carboxylic acids is 2. The average Bonchev–Trinajstić information content (AvgIpc) is 2.44. The van der Waals surface area contributed by atoms with Gasteiger partial charge in [-0.2, -0.15) is 0 Å². The molecule has 1 heterocycles. The lowest BCUT2D eigenvalue weighted by Gasteiger charge is -2.38. The van der Waals surface area contributed by atoms with Gasteiger partial charge in [-0.3, -0.25) is 14.9 Å². The first kappa shape index (κ1) is 15.2. The Bertz CT molecular complexity index is 734. The van der Waals surface area contributed by atoms with Gasteiger partial charge in [0.1, 0.15) is 0 Å². The fraction of sp³-hybridized carbons (Fsp3) is 0.375. The van der Waals surface area contributed by atoms with Crippen LogP contribution in [0, 0.1) is 15.5 Å². The van der Waals surface area contributed by atoms with Crippen molar-refractivity contribution in [3.63, 3.8) is 0 Å². The van der Waals surface area contributed by atoms with Crippen molar-refractivity contribution in [2.45, 2.75) is 32.7 Å². The van der Waals surface area contributed by atoms with E-state index in [0.717, 1.165) is 0 Å². The lowest BCUT2D eigenvalue weighted by molar-refractivity contribution is -0.384. The van der Waals surface area contributed by atoms with Gasteiger partial charge in [0.25, 0.3) is 5.69 Å². The summed E-state index contributed by atoms with van der Waals surface area (Å²) in [5, 5.41) is 16.2. The van der Waals surface area contributed by atoms with E-state index >= 15 is 0 Å². The molecule has 1 aliphatic heterocycles. The lowest BCUT2D eigenvalue weighted by Crippen LogP contribution is -2.48. The summed E-state index contributed by atoms with van der Waals surface area (Å²) >= 11 is 0. The molecule has 1 aromatic carbocycles. The maximum absolute atomic E-state index is 12.6. The molecular formula is C16H17N3O4. The number of nitro benzene ring substituents is 1. The van der Waals surface area contributed by atoms with Crippen molar-refractivity contribution in [1.82, 2.24) is 10.6 Å². The van der Waals surface area contributed by atoms with E-state index in [-0.39, 0.29) is 22.9 Å². The molecule has 2 amide bonds. The number of Topliss-reactive ketones (excluding diaryl/α,β-unsaturated/α-hetero) is 1. The van der Waals surface area contributed by atoms with Crippen molar-refractivity contribution in [3.05, 3.63) is 51.2 Å². The summed E-state index contributed by atoms with van der Waals surface area (Å²) in [5.41, 5.74) is 1.64. The molecule has 0 saturated carbocycles. The molecule has 0 radical (unpaired) electrons. The van der Waals surface area contributed by atoms with E-state index in [2.05, 4.69) is 10.6 Å². The van der Waals surface area contributed by atoms with Gasteiger partial charge >= 0.3 is 6.03 Å². The van der Waals surface area contributed by atoms with Crippen LogP contribution in [0.5, 0.6) is 0 Å². The molecule has 0 unspecified atom stereocenters. The number of allylic oxidation sites excluding steroid dienone is 1. The molecule has 7 heteroatoms. The number of non-ortho nitro benzene ring substituents is 1. The van der Waals surface area contributed by atoms with Crippen LogP contribution in [0.25, 0.3) is 0 Å². The molecule has 3 rings (SSSR count). The van der Waals surface area contributed by atoms with Gasteiger partial charge in [-0.05, 0) is 29.5 Å². The summed E-state index contributed by atoms with van der Waals surface area (Å²) in [6.07, 6.45) is 1.03. The number of carbonyl (C=O) groups is 2. The molecule has 0 saturated heterocycles. The molecule has 120 valence electrons. The highest BCUT2D eigenvalue weighted by molar-refractivity contribution is 6.01. The lowest BCUT2D eigenvalue weighted by atomic mass is 9.73. The molecule has 23 heavy (non-hydrogen) atoms. The zero-order chi connectivity index (χ0) is 16.8. The Kier molecular flexibility index (Phi) is 3.43. The van der Waals surface area contributed by atoms with Crippen LogP contribution in [-0.2, 0) is 4.79 Å². The quantitative estimate of drug-likeness (QED) is 0.647. The first-order chi connectivity index (χ1) is 10.8. The number of hydrogen-bond acceptors (Lipinski definition) is 4.